The molecule has 3 N–H and O–H groups in total. The Morgan fingerprint density at radius 3 is 2.08 bits per heavy atom. The molecule has 2 fully saturated rings. The summed E-state index contributed by atoms with van der Waals surface area (Å²) in [5.74, 6) is -0.938. The number of carboxylic acid groups (broad SMARTS) is 1. The third kappa shape index (κ3) is 0.708. The van der Waals surface area contributed by atoms with Gasteiger partial charge in [-0.15, -0.1) is 0 Å². The zero-order valence-corrected chi connectivity index (χ0v) is 6.54. The molecule has 2 heterocycles. The van der Waals surface area contributed by atoms with Gasteiger partial charge in [-0.3, -0.25) is 4.79 Å². The lowest BCUT2D eigenvalue weighted by Gasteiger charge is -2.53. The summed E-state index contributed by atoms with van der Waals surface area (Å²) in [6.45, 7) is 0.951. The van der Waals surface area contributed by atoms with E-state index in [0.717, 1.165) is 0 Å². The molecule has 0 unspecified atom stereocenters. The van der Waals surface area contributed by atoms with Gasteiger partial charge >= 0.3 is 5.97 Å². The first-order valence-corrected chi connectivity index (χ1v) is 3.85. The van der Waals surface area contributed by atoms with Crippen LogP contribution in [0.1, 0.15) is 0 Å². The Morgan fingerprint density at radius 2 is 2.00 bits per heavy atom. The minimum Gasteiger partial charge on any atom is -0.481 e. The van der Waals surface area contributed by atoms with E-state index in [1.165, 1.54) is 0 Å². The molecule has 0 atom stereocenters. The van der Waals surface area contributed by atoms with E-state index < -0.39 is 17.0 Å². The summed E-state index contributed by atoms with van der Waals surface area (Å²) in [5, 5.41) is 21.6. The highest BCUT2D eigenvalue weighted by Crippen LogP contribution is 2.40. The van der Waals surface area contributed by atoms with Crippen molar-refractivity contribution in [3.63, 3.8) is 0 Å². The van der Waals surface area contributed by atoms with Crippen molar-refractivity contribution < 1.29 is 19.7 Å². The quantitative estimate of drug-likeness (QED) is 0.470. The predicted octanol–water partition coefficient (Wildman–Crippen LogP) is -1.58. The molecule has 0 aromatic carbocycles. The average Bonchev–Trinajstić information content (AvgIpc) is 1.80. The fourth-order valence-electron chi connectivity index (χ4n) is 1.63. The van der Waals surface area contributed by atoms with Crippen molar-refractivity contribution in [1.29, 1.82) is 0 Å². The molecular weight excluding hydrogens is 162 g/mol. The fourth-order valence-corrected chi connectivity index (χ4v) is 1.63. The monoisotopic (exact) mass is 173 g/mol. The number of rotatable bonds is 2. The molecule has 2 aliphatic rings. The Bertz CT molecular complexity index is 219. The van der Waals surface area contributed by atoms with Gasteiger partial charge in [0.2, 0.25) is 0 Å². The lowest BCUT2D eigenvalue weighted by Crippen LogP contribution is -2.76. The maximum absolute atomic E-state index is 10.9. The van der Waals surface area contributed by atoms with Gasteiger partial charge in [0.15, 0.2) is 0 Å². The number of carboxylic acids is 1. The Balaban J connectivity index is 2.21. The van der Waals surface area contributed by atoms with Crippen LogP contribution in [0.4, 0.5) is 0 Å². The number of carbonyl (C=O) groups is 1. The Labute approximate surface area is 69.3 Å². The average molecular weight is 173 g/mol. The summed E-state index contributed by atoms with van der Waals surface area (Å²) in [7, 11) is 0. The zero-order valence-electron chi connectivity index (χ0n) is 6.54. The van der Waals surface area contributed by atoms with Crippen LogP contribution in [0.25, 0.3) is 0 Å². The van der Waals surface area contributed by atoms with E-state index in [0.29, 0.717) is 13.1 Å². The second kappa shape index (κ2) is 2.18. The van der Waals surface area contributed by atoms with Crippen molar-refractivity contribution in [3.8, 4) is 0 Å². The molecule has 2 saturated heterocycles. The Kier molecular flexibility index (Phi) is 1.45. The van der Waals surface area contributed by atoms with Gasteiger partial charge in [0.1, 0.15) is 11.0 Å². The molecule has 5 heteroatoms. The Morgan fingerprint density at radius 1 is 1.42 bits per heavy atom. The number of nitrogens with one attached hydrogen (secondary N) is 1. The Hall–Kier alpha value is -0.650. The van der Waals surface area contributed by atoms with Gasteiger partial charge < -0.3 is 20.3 Å². The van der Waals surface area contributed by atoms with Crippen molar-refractivity contribution >= 4 is 5.97 Å². The van der Waals surface area contributed by atoms with Crippen molar-refractivity contribution in [3.05, 3.63) is 0 Å². The van der Waals surface area contributed by atoms with Crippen molar-refractivity contribution in [2.75, 3.05) is 26.3 Å². The van der Waals surface area contributed by atoms with Crippen LogP contribution in [0, 0.1) is 5.41 Å². The molecule has 2 aliphatic heterocycles. The van der Waals surface area contributed by atoms with Gasteiger partial charge in [-0.1, -0.05) is 0 Å². The molecule has 2 rings (SSSR count). The normalized spacial score (nSPS) is 30.1. The molecule has 0 spiro atoms. The van der Waals surface area contributed by atoms with Crippen molar-refractivity contribution in [2.45, 2.75) is 5.60 Å². The van der Waals surface area contributed by atoms with Gasteiger partial charge in [0, 0.05) is 13.1 Å². The van der Waals surface area contributed by atoms with Crippen LogP contribution >= 0.6 is 0 Å². The lowest BCUT2D eigenvalue weighted by molar-refractivity contribution is -0.254. The first-order valence-electron chi connectivity index (χ1n) is 3.85. The van der Waals surface area contributed by atoms with Crippen LogP contribution in [0.5, 0.6) is 0 Å². The summed E-state index contributed by atoms with van der Waals surface area (Å²) in [5.41, 5.74) is -2.16. The van der Waals surface area contributed by atoms with Gasteiger partial charge in [-0.2, -0.15) is 0 Å². The molecule has 0 bridgehead atoms. The van der Waals surface area contributed by atoms with Crippen LogP contribution < -0.4 is 5.32 Å². The highest BCUT2D eigenvalue weighted by Gasteiger charge is 2.63. The molecule has 0 aliphatic carbocycles. The highest BCUT2D eigenvalue weighted by molar-refractivity contribution is 5.78. The first-order chi connectivity index (χ1) is 5.61. The maximum atomic E-state index is 10.9. The highest BCUT2D eigenvalue weighted by atomic mass is 16.5. The van der Waals surface area contributed by atoms with E-state index in [2.05, 4.69) is 5.32 Å². The zero-order chi connectivity index (χ0) is 8.82. The second-order valence-electron chi connectivity index (χ2n) is 3.52. The molecule has 0 aromatic heterocycles. The van der Waals surface area contributed by atoms with E-state index in [4.69, 9.17) is 9.84 Å². The third-order valence-corrected chi connectivity index (χ3v) is 2.84. The standard InChI is InChI=1S/C7H11NO4/c9-5(10)6(1-8-2-6)7(11)3-12-4-7/h8,11H,1-4H2,(H,9,10). The van der Waals surface area contributed by atoms with Gasteiger partial charge in [-0.05, 0) is 0 Å². The van der Waals surface area contributed by atoms with Crippen molar-refractivity contribution in [2.24, 2.45) is 5.41 Å². The largest absolute Gasteiger partial charge is 0.481 e. The molecule has 68 valence electrons. The van der Waals surface area contributed by atoms with Gasteiger partial charge in [0.25, 0.3) is 0 Å². The summed E-state index contributed by atoms with van der Waals surface area (Å²) in [6, 6.07) is 0. The topological polar surface area (TPSA) is 78.8 Å². The van der Waals surface area contributed by atoms with E-state index in [1.54, 1.807) is 0 Å². The molecule has 0 radical (unpaired) electrons. The fraction of sp³-hybridized carbons (Fsp3) is 0.857. The summed E-state index contributed by atoms with van der Waals surface area (Å²) in [6.07, 6.45) is 0. The predicted molar refractivity (Wildman–Crippen MR) is 38.7 cm³/mol. The summed E-state index contributed by atoms with van der Waals surface area (Å²) in [4.78, 5) is 10.9. The molecular formula is C7H11NO4. The summed E-state index contributed by atoms with van der Waals surface area (Å²) >= 11 is 0. The van der Waals surface area contributed by atoms with Crippen LogP contribution in [0.2, 0.25) is 0 Å². The molecule has 5 nitrogen and oxygen atoms in total. The number of hydrogen-bond donors (Lipinski definition) is 3. The SMILES string of the molecule is O=C(O)C1(C2(O)COC2)CNC1. The molecule has 12 heavy (non-hydrogen) atoms. The maximum Gasteiger partial charge on any atom is 0.315 e. The van der Waals surface area contributed by atoms with Crippen LogP contribution in [0.3, 0.4) is 0 Å². The van der Waals surface area contributed by atoms with Crippen LogP contribution in [-0.2, 0) is 9.53 Å². The number of hydrogen-bond acceptors (Lipinski definition) is 4. The smallest absolute Gasteiger partial charge is 0.315 e. The van der Waals surface area contributed by atoms with Crippen LogP contribution in [-0.4, -0.2) is 48.1 Å². The third-order valence-electron chi connectivity index (χ3n) is 2.84. The lowest BCUT2D eigenvalue weighted by atomic mass is 9.66. The van der Waals surface area contributed by atoms with E-state index in [1.807, 2.05) is 0 Å². The second-order valence-corrected chi connectivity index (χ2v) is 3.52. The molecule has 0 amide bonds. The van der Waals surface area contributed by atoms with Crippen LogP contribution in [0.15, 0.2) is 0 Å². The van der Waals surface area contributed by atoms with E-state index in [-0.39, 0.29) is 13.2 Å². The summed E-state index contributed by atoms with van der Waals surface area (Å²) < 4.78 is 4.83. The first kappa shape index (κ1) is 7.97. The van der Waals surface area contributed by atoms with Gasteiger partial charge in [-0.25, -0.2) is 0 Å². The van der Waals surface area contributed by atoms with E-state index in [9.17, 15) is 9.90 Å². The van der Waals surface area contributed by atoms with Gasteiger partial charge in [0.05, 0.1) is 13.2 Å². The number of aliphatic hydroxyl groups is 1. The van der Waals surface area contributed by atoms with Crippen molar-refractivity contribution in [1.82, 2.24) is 5.32 Å². The number of ether oxygens (including phenoxy) is 1. The minimum absolute atomic E-state index is 0.140. The molecule has 0 saturated carbocycles. The number of aliphatic carboxylic acids is 1. The minimum atomic E-state index is -1.15. The van der Waals surface area contributed by atoms with E-state index >= 15 is 0 Å². The molecule has 0 aromatic rings.